The summed E-state index contributed by atoms with van der Waals surface area (Å²) in [5.74, 6) is 0. The molecule has 0 aliphatic heterocycles. The molecule has 0 saturated carbocycles. The van der Waals surface area contributed by atoms with Crippen molar-refractivity contribution in [3.63, 3.8) is 0 Å². The second-order valence-electron chi connectivity index (χ2n) is 0. The summed E-state index contributed by atoms with van der Waals surface area (Å²) in [6.45, 7) is 0. The summed E-state index contributed by atoms with van der Waals surface area (Å²) in [4.78, 5) is 0. The van der Waals surface area contributed by atoms with Gasteiger partial charge in [0.15, 0.2) is 17.4 Å². The minimum atomic E-state index is 0. The largest absolute Gasteiger partial charge is 0 e. The van der Waals surface area contributed by atoms with E-state index in [2.05, 4.69) is 0 Å². The molecule has 0 saturated heterocycles. The van der Waals surface area contributed by atoms with Crippen LogP contribution in [-0.4, -0.2) is 62.8 Å². The molecule has 0 radical (unpaired) electrons. The fourth-order valence-electron chi connectivity index (χ4n) is 0. The van der Waals surface area contributed by atoms with E-state index in [0.29, 0.717) is 0 Å². The fraction of sp³-hybridized carbons (Fsp3) is 0. The van der Waals surface area contributed by atoms with Gasteiger partial charge in [-0.1, -0.05) is 0 Å². The van der Waals surface area contributed by atoms with E-state index < -0.39 is 0 Å². The van der Waals surface area contributed by atoms with Gasteiger partial charge >= 0.3 is 45.5 Å². The van der Waals surface area contributed by atoms with Crippen molar-refractivity contribution >= 4 is 62.8 Å². The van der Waals surface area contributed by atoms with Gasteiger partial charge in [-0.3, -0.25) is 4.70 Å². The SMILES string of the molecule is F.[AlH3].[SrH2].[Zn]. The molecule has 0 aromatic rings. The molecule has 0 nitrogen and oxygen atoms in total. The standard InChI is InChI=1S/Al.FH.Sr.Zn.5H/h;1H;;;;;;;. The van der Waals surface area contributed by atoms with E-state index in [1.165, 1.54) is 0 Å². The van der Waals surface area contributed by atoms with Gasteiger partial charge in [-0.2, -0.15) is 0 Å². The summed E-state index contributed by atoms with van der Waals surface area (Å²) in [6, 6.07) is 0. The van der Waals surface area contributed by atoms with Gasteiger partial charge in [0.25, 0.3) is 0 Å². The van der Waals surface area contributed by atoms with Crippen LogP contribution in [0.3, 0.4) is 0 Å². The van der Waals surface area contributed by atoms with Crippen molar-refractivity contribution in [3.05, 3.63) is 0 Å². The van der Waals surface area contributed by atoms with Gasteiger partial charge in [-0.05, 0) is 0 Å². The maximum absolute atomic E-state index is 0. The molecule has 0 aliphatic carbocycles. The Morgan fingerprint density at radius 2 is 1.00 bits per heavy atom. The predicted octanol–water partition coefficient (Wildman–Crippen LogP) is -1.95. The third-order valence-electron chi connectivity index (χ3n) is 0. The summed E-state index contributed by atoms with van der Waals surface area (Å²) >= 11 is 0. The zero-order valence-electron chi connectivity index (χ0n) is 1.12. The van der Waals surface area contributed by atoms with Gasteiger partial charge in [0.1, 0.15) is 0 Å². The van der Waals surface area contributed by atoms with Crippen LogP contribution in [0.5, 0.6) is 0 Å². The smallest absolute Gasteiger partial charge is 0 e. The minimum absolute atomic E-state index is 0. The summed E-state index contributed by atoms with van der Waals surface area (Å²) in [6.07, 6.45) is 0. The summed E-state index contributed by atoms with van der Waals surface area (Å²) < 4.78 is 0. The van der Waals surface area contributed by atoms with E-state index in [4.69, 9.17) is 0 Å². The molecule has 0 rings (SSSR count). The Balaban J connectivity index is 0. The van der Waals surface area contributed by atoms with E-state index in [0.717, 1.165) is 0 Å². The molecule has 20 valence electrons. The second-order valence-corrected chi connectivity index (χ2v) is 0. The maximum atomic E-state index is 0. The molecule has 0 aliphatic rings. The molecule has 0 N–H and O–H groups in total. The van der Waals surface area contributed by atoms with Crippen LogP contribution in [0.2, 0.25) is 0 Å². The molecular formula is H6AlFSrZn. The van der Waals surface area contributed by atoms with E-state index in [1.54, 1.807) is 0 Å². The number of halogens is 1. The van der Waals surface area contributed by atoms with E-state index >= 15 is 0 Å². The predicted molar refractivity (Wildman–Crippen MR) is 21.0 cm³/mol. The van der Waals surface area contributed by atoms with Crippen LogP contribution in [0.25, 0.3) is 0 Å². The zero-order valence-corrected chi connectivity index (χ0v) is 4.08. The van der Waals surface area contributed by atoms with Crippen molar-refractivity contribution in [1.82, 2.24) is 0 Å². The molecule has 0 aromatic heterocycles. The normalized spacial score (nSPS) is 0. The van der Waals surface area contributed by atoms with Crippen molar-refractivity contribution in [1.29, 1.82) is 0 Å². The molecule has 0 spiro atoms. The number of hydrogen-bond acceptors (Lipinski definition) is 0. The van der Waals surface area contributed by atoms with Crippen LogP contribution >= 0.6 is 0 Å². The van der Waals surface area contributed by atoms with Gasteiger partial charge in [0.05, 0.1) is 0 Å². The molecule has 0 unspecified atom stereocenters. The van der Waals surface area contributed by atoms with Crippen LogP contribution in [0.15, 0.2) is 0 Å². The van der Waals surface area contributed by atoms with Crippen molar-refractivity contribution < 1.29 is 24.2 Å². The van der Waals surface area contributed by atoms with Crippen molar-refractivity contribution in [2.45, 2.75) is 0 Å². The van der Waals surface area contributed by atoms with Crippen LogP contribution in [0, 0.1) is 0 Å². The molecule has 0 bridgehead atoms. The van der Waals surface area contributed by atoms with E-state index in [9.17, 15) is 0 Å². The maximum Gasteiger partial charge on any atom is 0 e. The summed E-state index contributed by atoms with van der Waals surface area (Å²) in [5.41, 5.74) is 0. The van der Waals surface area contributed by atoms with Crippen molar-refractivity contribution in [3.8, 4) is 0 Å². The Kier molecular flexibility index (Phi) is 136. The first kappa shape index (κ1) is 30.9. The first-order valence-corrected chi connectivity index (χ1v) is 0. The van der Waals surface area contributed by atoms with Gasteiger partial charge in [0, 0.05) is 19.5 Å². The third-order valence-corrected chi connectivity index (χ3v) is 0. The molecule has 0 amide bonds. The van der Waals surface area contributed by atoms with Crippen LogP contribution < -0.4 is 0 Å². The average molecular weight is 205 g/mol. The molecular weight excluding hydrogens is 199 g/mol. The molecule has 4 heavy (non-hydrogen) atoms. The van der Waals surface area contributed by atoms with E-state index in [1.807, 2.05) is 0 Å². The Labute approximate surface area is 85.2 Å². The first-order valence-electron chi connectivity index (χ1n) is 0. The Morgan fingerprint density at radius 3 is 1.00 bits per heavy atom. The van der Waals surface area contributed by atoms with Gasteiger partial charge in [-0.15, -0.1) is 0 Å². The van der Waals surface area contributed by atoms with Gasteiger partial charge in [-0.25, -0.2) is 0 Å². The number of rotatable bonds is 0. The Hall–Kier alpha value is 2.57. The second kappa shape index (κ2) is 17.6. The monoisotopic (exact) mass is 204 g/mol. The number of hydrogen-bond donors (Lipinski definition) is 0. The quantitative estimate of drug-likeness (QED) is 0.403. The molecule has 4 heteroatoms. The summed E-state index contributed by atoms with van der Waals surface area (Å²) in [7, 11) is 0. The van der Waals surface area contributed by atoms with Crippen molar-refractivity contribution in [2.75, 3.05) is 0 Å². The minimum Gasteiger partial charge on any atom is 0 e. The zero-order chi connectivity index (χ0) is 0. The topological polar surface area (TPSA) is 0 Å². The van der Waals surface area contributed by atoms with Gasteiger partial charge < -0.3 is 0 Å². The van der Waals surface area contributed by atoms with Gasteiger partial charge in [0.2, 0.25) is 0 Å². The van der Waals surface area contributed by atoms with Crippen LogP contribution in [-0.2, 0) is 19.5 Å². The van der Waals surface area contributed by atoms with Crippen LogP contribution in [0.4, 0.5) is 4.70 Å². The Morgan fingerprint density at radius 1 is 1.00 bits per heavy atom. The molecule has 0 fully saturated rings. The average Bonchev–Trinajstić information content (AvgIpc) is 0. The third kappa shape index (κ3) is 8.82. The molecule has 0 aromatic carbocycles. The van der Waals surface area contributed by atoms with E-state index in [-0.39, 0.29) is 87.0 Å². The summed E-state index contributed by atoms with van der Waals surface area (Å²) in [5, 5.41) is 0. The Bertz CT molecular complexity index is 8.00. The first-order chi connectivity index (χ1) is 0. The molecule has 0 heterocycles. The van der Waals surface area contributed by atoms with Crippen molar-refractivity contribution in [2.24, 2.45) is 0 Å². The van der Waals surface area contributed by atoms with Crippen LogP contribution in [0.1, 0.15) is 0 Å². The molecule has 0 atom stereocenters. The fourth-order valence-corrected chi connectivity index (χ4v) is 0.